The minimum atomic E-state index is -3.33. The zero-order valence-electron chi connectivity index (χ0n) is 13.0. The van der Waals surface area contributed by atoms with E-state index in [9.17, 15) is 8.42 Å². The fraction of sp³-hybridized carbons (Fsp3) is 0.438. The number of sulfone groups is 1. The van der Waals surface area contributed by atoms with Gasteiger partial charge in [-0.1, -0.05) is 45.0 Å². The van der Waals surface area contributed by atoms with E-state index in [-0.39, 0.29) is 16.1 Å². The predicted octanol–water partition coefficient (Wildman–Crippen LogP) is 3.08. The summed E-state index contributed by atoms with van der Waals surface area (Å²) in [5.74, 6) is 0.00548. The summed E-state index contributed by atoms with van der Waals surface area (Å²) in [5.41, 5.74) is 2.14. The van der Waals surface area contributed by atoms with Crippen molar-refractivity contribution in [3.05, 3.63) is 47.8 Å². The molecule has 0 spiro atoms. The van der Waals surface area contributed by atoms with Gasteiger partial charge in [0.2, 0.25) is 0 Å². The van der Waals surface area contributed by atoms with Crippen molar-refractivity contribution in [2.75, 3.05) is 0 Å². The topological polar surface area (TPSA) is 52.0 Å². The van der Waals surface area contributed by atoms with E-state index in [1.54, 1.807) is 7.05 Å². The van der Waals surface area contributed by atoms with Crippen LogP contribution in [0.25, 0.3) is 0 Å². The van der Waals surface area contributed by atoms with Gasteiger partial charge in [-0.15, -0.1) is 0 Å². The molecule has 0 atom stereocenters. The standard InChI is InChI=1S/C16H22N2O2S/c1-5-16(2,3)14-8-6-13(7-9-14)12-21(19,20)15-10-17-18(4)11-15/h6-11H,5,12H2,1-4H3. The highest BCUT2D eigenvalue weighted by Gasteiger charge is 2.20. The lowest BCUT2D eigenvalue weighted by atomic mass is 9.82. The van der Waals surface area contributed by atoms with E-state index in [4.69, 9.17) is 0 Å². The van der Waals surface area contributed by atoms with Crippen molar-refractivity contribution in [1.82, 2.24) is 9.78 Å². The highest BCUT2D eigenvalue weighted by molar-refractivity contribution is 7.90. The maximum absolute atomic E-state index is 12.3. The average Bonchev–Trinajstić information content (AvgIpc) is 2.86. The molecular weight excluding hydrogens is 284 g/mol. The van der Waals surface area contributed by atoms with E-state index in [0.29, 0.717) is 0 Å². The maximum atomic E-state index is 12.3. The van der Waals surface area contributed by atoms with Gasteiger partial charge < -0.3 is 0 Å². The van der Waals surface area contributed by atoms with Gasteiger partial charge in [-0.2, -0.15) is 5.10 Å². The third-order valence-corrected chi connectivity index (χ3v) is 5.66. The number of aryl methyl sites for hydroxylation is 1. The molecule has 0 N–H and O–H groups in total. The summed E-state index contributed by atoms with van der Waals surface area (Å²) in [5, 5.41) is 3.92. The molecule has 2 aromatic rings. The molecule has 0 amide bonds. The summed E-state index contributed by atoms with van der Waals surface area (Å²) in [4.78, 5) is 0.267. The molecule has 1 aromatic carbocycles. The van der Waals surface area contributed by atoms with Crippen molar-refractivity contribution >= 4 is 9.84 Å². The Morgan fingerprint density at radius 1 is 1.19 bits per heavy atom. The van der Waals surface area contributed by atoms with Gasteiger partial charge in [0.25, 0.3) is 0 Å². The van der Waals surface area contributed by atoms with Crippen LogP contribution in [-0.4, -0.2) is 18.2 Å². The number of rotatable bonds is 5. The number of benzene rings is 1. The maximum Gasteiger partial charge on any atom is 0.185 e. The summed E-state index contributed by atoms with van der Waals surface area (Å²) in [6.45, 7) is 6.53. The first-order chi connectivity index (χ1) is 9.74. The molecule has 5 heteroatoms. The fourth-order valence-corrected chi connectivity index (χ4v) is 3.44. The first kappa shape index (κ1) is 15.8. The van der Waals surface area contributed by atoms with Gasteiger partial charge in [0.15, 0.2) is 9.84 Å². The predicted molar refractivity (Wildman–Crippen MR) is 83.9 cm³/mol. The van der Waals surface area contributed by atoms with Crippen LogP contribution in [0.15, 0.2) is 41.6 Å². The Kier molecular flexibility index (Phi) is 4.23. The molecule has 0 saturated heterocycles. The number of aromatic nitrogens is 2. The second kappa shape index (κ2) is 5.64. The molecule has 0 aliphatic heterocycles. The smallest absolute Gasteiger partial charge is 0.185 e. The van der Waals surface area contributed by atoms with Crippen LogP contribution < -0.4 is 0 Å². The van der Waals surface area contributed by atoms with Crippen LogP contribution in [0.1, 0.15) is 38.3 Å². The Balaban J connectivity index is 2.21. The highest BCUT2D eigenvalue weighted by atomic mass is 32.2. The van der Waals surface area contributed by atoms with Crippen molar-refractivity contribution < 1.29 is 8.42 Å². The molecule has 0 saturated carbocycles. The number of hydrogen-bond acceptors (Lipinski definition) is 3. The van der Waals surface area contributed by atoms with Crippen LogP contribution in [0, 0.1) is 0 Å². The minimum Gasteiger partial charge on any atom is -0.274 e. The summed E-state index contributed by atoms with van der Waals surface area (Å²) >= 11 is 0. The van der Waals surface area contributed by atoms with Crippen LogP contribution in [-0.2, 0) is 28.1 Å². The van der Waals surface area contributed by atoms with E-state index in [2.05, 4.69) is 25.9 Å². The quantitative estimate of drug-likeness (QED) is 0.853. The van der Waals surface area contributed by atoms with Crippen LogP contribution in [0.5, 0.6) is 0 Å². The van der Waals surface area contributed by atoms with Crippen molar-refractivity contribution in [3.63, 3.8) is 0 Å². The fourth-order valence-electron chi connectivity index (χ4n) is 2.12. The monoisotopic (exact) mass is 306 g/mol. The molecule has 1 aromatic heterocycles. The molecular formula is C16H22N2O2S. The van der Waals surface area contributed by atoms with Crippen molar-refractivity contribution in [2.45, 2.75) is 43.3 Å². The molecule has 1 heterocycles. The normalized spacial score (nSPS) is 12.6. The highest BCUT2D eigenvalue weighted by Crippen LogP contribution is 2.27. The van der Waals surface area contributed by atoms with Crippen molar-refractivity contribution in [3.8, 4) is 0 Å². The zero-order chi connectivity index (χ0) is 15.7. The Morgan fingerprint density at radius 2 is 1.81 bits per heavy atom. The SMILES string of the molecule is CCC(C)(C)c1ccc(CS(=O)(=O)c2cnn(C)c2)cc1. The summed E-state index contributed by atoms with van der Waals surface area (Å²) < 4.78 is 26.1. The number of nitrogens with zero attached hydrogens (tertiary/aromatic N) is 2. The molecule has 0 radical (unpaired) electrons. The van der Waals surface area contributed by atoms with Gasteiger partial charge in [0.05, 0.1) is 11.9 Å². The Morgan fingerprint density at radius 3 is 2.29 bits per heavy atom. The van der Waals surface area contributed by atoms with Gasteiger partial charge >= 0.3 is 0 Å². The molecule has 0 aliphatic rings. The van der Waals surface area contributed by atoms with Gasteiger partial charge in [0.1, 0.15) is 4.90 Å². The Labute approximate surface area is 126 Å². The second-order valence-electron chi connectivity index (χ2n) is 6.04. The number of hydrogen-bond donors (Lipinski definition) is 0. The molecule has 4 nitrogen and oxygen atoms in total. The largest absolute Gasteiger partial charge is 0.274 e. The van der Waals surface area contributed by atoms with Crippen LogP contribution >= 0.6 is 0 Å². The van der Waals surface area contributed by atoms with Crippen LogP contribution in [0.4, 0.5) is 0 Å². The van der Waals surface area contributed by atoms with Crippen LogP contribution in [0.2, 0.25) is 0 Å². The van der Waals surface area contributed by atoms with E-state index >= 15 is 0 Å². The molecule has 114 valence electrons. The van der Waals surface area contributed by atoms with E-state index in [1.807, 2.05) is 24.3 Å². The lowest BCUT2D eigenvalue weighted by Crippen LogP contribution is -2.15. The van der Waals surface area contributed by atoms with Gasteiger partial charge in [-0.25, -0.2) is 8.42 Å². The third-order valence-electron chi connectivity index (χ3n) is 4.02. The molecule has 0 bridgehead atoms. The Bertz CT molecular complexity index is 713. The molecule has 21 heavy (non-hydrogen) atoms. The molecule has 2 rings (SSSR count). The van der Waals surface area contributed by atoms with Gasteiger partial charge in [-0.05, 0) is 23.0 Å². The lowest BCUT2D eigenvalue weighted by molar-refractivity contribution is 0.506. The second-order valence-corrected chi connectivity index (χ2v) is 8.03. The zero-order valence-corrected chi connectivity index (χ0v) is 13.8. The molecule has 0 unspecified atom stereocenters. The first-order valence-corrected chi connectivity index (χ1v) is 8.70. The third kappa shape index (κ3) is 3.53. The van der Waals surface area contributed by atoms with E-state index in [0.717, 1.165) is 12.0 Å². The molecule has 0 aliphatic carbocycles. The van der Waals surface area contributed by atoms with E-state index in [1.165, 1.54) is 22.6 Å². The van der Waals surface area contributed by atoms with Crippen LogP contribution in [0.3, 0.4) is 0 Å². The molecule has 0 fully saturated rings. The van der Waals surface area contributed by atoms with Crippen molar-refractivity contribution in [2.24, 2.45) is 7.05 Å². The lowest BCUT2D eigenvalue weighted by Gasteiger charge is -2.23. The summed E-state index contributed by atoms with van der Waals surface area (Å²) in [6, 6.07) is 7.86. The first-order valence-electron chi connectivity index (χ1n) is 7.05. The minimum absolute atomic E-state index is 0.00548. The van der Waals surface area contributed by atoms with Gasteiger partial charge in [-0.3, -0.25) is 4.68 Å². The summed E-state index contributed by atoms with van der Waals surface area (Å²) in [7, 11) is -1.62. The van der Waals surface area contributed by atoms with E-state index < -0.39 is 9.84 Å². The van der Waals surface area contributed by atoms with Crippen molar-refractivity contribution in [1.29, 1.82) is 0 Å². The van der Waals surface area contributed by atoms with Gasteiger partial charge in [0, 0.05) is 13.2 Å². The summed E-state index contributed by atoms with van der Waals surface area (Å²) in [6.07, 6.45) is 3.97. The average molecular weight is 306 g/mol. The Hall–Kier alpha value is -1.62.